The van der Waals surface area contributed by atoms with E-state index in [1.165, 1.54) is 63.9 Å². The third kappa shape index (κ3) is 6.24. The molecule has 3 nitrogen and oxygen atoms in total. The summed E-state index contributed by atoms with van der Waals surface area (Å²) in [5.74, 6) is 1.37. The average Bonchev–Trinajstić information content (AvgIpc) is 2.68. The highest BCUT2D eigenvalue weighted by atomic mass is 19.1. The lowest BCUT2D eigenvalue weighted by molar-refractivity contribution is -0.121. The number of halogens is 1. The predicted molar refractivity (Wildman–Crippen MR) is 103 cm³/mol. The molecule has 0 saturated carbocycles. The van der Waals surface area contributed by atoms with E-state index in [9.17, 15) is 9.18 Å². The Bertz CT molecular complexity index is 591. The molecular formula is C22H31FN2O. The van der Waals surface area contributed by atoms with Crippen LogP contribution in [0, 0.1) is 17.7 Å². The number of allylic oxidation sites excluding steroid dienone is 2. The second kappa shape index (κ2) is 9.86. The van der Waals surface area contributed by atoms with Crippen LogP contribution in [0.25, 0.3) is 0 Å². The molecule has 1 aliphatic heterocycles. The smallest absolute Gasteiger partial charge is 0.220 e. The van der Waals surface area contributed by atoms with Crippen molar-refractivity contribution < 1.29 is 9.18 Å². The van der Waals surface area contributed by atoms with Crippen molar-refractivity contribution in [3.63, 3.8) is 0 Å². The minimum atomic E-state index is -0.244. The Morgan fingerprint density at radius 1 is 1.08 bits per heavy atom. The molecule has 1 aromatic carbocycles. The largest absolute Gasteiger partial charge is 0.352 e. The van der Waals surface area contributed by atoms with Crippen molar-refractivity contribution in [3.05, 3.63) is 47.8 Å². The first kappa shape index (κ1) is 19.1. The third-order valence-corrected chi connectivity index (χ3v) is 5.78. The summed E-state index contributed by atoms with van der Waals surface area (Å²) in [6.07, 6.45) is 12.5. The molecule has 1 amide bonds. The van der Waals surface area contributed by atoms with Crippen LogP contribution in [0.1, 0.15) is 50.5 Å². The molecule has 4 heteroatoms. The molecule has 26 heavy (non-hydrogen) atoms. The maximum absolute atomic E-state index is 12.9. The van der Waals surface area contributed by atoms with Gasteiger partial charge in [-0.3, -0.25) is 4.79 Å². The van der Waals surface area contributed by atoms with Gasteiger partial charge in [-0.2, -0.15) is 0 Å². The number of benzene rings is 1. The van der Waals surface area contributed by atoms with Crippen LogP contribution in [-0.2, 0) is 11.3 Å². The first-order valence-electron chi connectivity index (χ1n) is 10.1. The van der Waals surface area contributed by atoms with Crippen molar-refractivity contribution in [1.29, 1.82) is 0 Å². The molecule has 0 radical (unpaired) electrons. The normalized spacial score (nSPS) is 21.7. The fraction of sp³-hybridized carbons (Fsp3) is 0.591. The molecule has 1 aromatic rings. The lowest BCUT2D eigenvalue weighted by Gasteiger charge is -2.34. The van der Waals surface area contributed by atoms with Gasteiger partial charge in [-0.05, 0) is 81.1 Å². The zero-order valence-electron chi connectivity index (χ0n) is 15.6. The maximum Gasteiger partial charge on any atom is 0.220 e. The number of piperidine rings is 1. The van der Waals surface area contributed by atoms with Crippen molar-refractivity contribution in [3.8, 4) is 0 Å². The van der Waals surface area contributed by atoms with Gasteiger partial charge in [0.15, 0.2) is 0 Å². The summed E-state index contributed by atoms with van der Waals surface area (Å²) >= 11 is 0. The van der Waals surface area contributed by atoms with Crippen LogP contribution in [-0.4, -0.2) is 30.4 Å². The van der Waals surface area contributed by atoms with E-state index < -0.39 is 0 Å². The molecule has 0 bridgehead atoms. The second-order valence-electron chi connectivity index (χ2n) is 7.84. The fourth-order valence-corrected chi connectivity index (χ4v) is 4.07. The molecule has 1 N–H and O–H groups in total. The monoisotopic (exact) mass is 358 g/mol. The molecule has 0 spiro atoms. The Morgan fingerprint density at radius 3 is 2.54 bits per heavy atom. The topological polar surface area (TPSA) is 32.3 Å². The zero-order valence-corrected chi connectivity index (χ0v) is 15.6. The summed E-state index contributed by atoms with van der Waals surface area (Å²) in [5.41, 5.74) is 0.936. The van der Waals surface area contributed by atoms with Gasteiger partial charge in [0.25, 0.3) is 0 Å². The maximum atomic E-state index is 12.9. The lowest BCUT2D eigenvalue weighted by Crippen LogP contribution is -2.37. The van der Waals surface area contributed by atoms with E-state index in [2.05, 4.69) is 22.4 Å². The number of nitrogens with zero attached hydrogens (tertiary/aromatic N) is 1. The summed E-state index contributed by atoms with van der Waals surface area (Å²) in [6, 6.07) is 6.29. The van der Waals surface area contributed by atoms with Gasteiger partial charge in [-0.25, -0.2) is 4.39 Å². The molecule has 1 fully saturated rings. The van der Waals surface area contributed by atoms with Gasteiger partial charge in [0, 0.05) is 19.5 Å². The van der Waals surface area contributed by atoms with E-state index in [1.807, 2.05) is 0 Å². The second-order valence-corrected chi connectivity index (χ2v) is 7.84. The van der Waals surface area contributed by atoms with Gasteiger partial charge in [-0.15, -0.1) is 0 Å². The molecular weight excluding hydrogens is 327 g/mol. The van der Waals surface area contributed by atoms with Crippen LogP contribution in [0.5, 0.6) is 0 Å². The van der Waals surface area contributed by atoms with Crippen molar-refractivity contribution in [2.24, 2.45) is 11.8 Å². The van der Waals surface area contributed by atoms with Gasteiger partial charge in [-0.1, -0.05) is 24.3 Å². The minimum absolute atomic E-state index is 0.103. The molecule has 3 rings (SSSR count). The Hall–Kier alpha value is -1.68. The first-order chi connectivity index (χ1) is 12.7. The summed E-state index contributed by atoms with van der Waals surface area (Å²) < 4.78 is 12.9. The van der Waals surface area contributed by atoms with Crippen LogP contribution < -0.4 is 5.32 Å². The van der Waals surface area contributed by atoms with Gasteiger partial charge < -0.3 is 10.2 Å². The summed E-state index contributed by atoms with van der Waals surface area (Å²) in [6.45, 7) is 4.09. The Balaban J connectivity index is 1.28. The Kier molecular flexibility index (Phi) is 7.24. The van der Waals surface area contributed by atoms with Gasteiger partial charge in [0.2, 0.25) is 5.91 Å². The number of hydrogen-bond acceptors (Lipinski definition) is 2. The van der Waals surface area contributed by atoms with E-state index in [1.54, 1.807) is 12.1 Å². The van der Waals surface area contributed by atoms with Crippen molar-refractivity contribution in [2.45, 2.75) is 51.5 Å². The average molecular weight is 359 g/mol. The van der Waals surface area contributed by atoms with E-state index in [0.29, 0.717) is 18.9 Å². The highest BCUT2D eigenvalue weighted by Crippen LogP contribution is 2.25. The molecule has 1 heterocycles. The minimum Gasteiger partial charge on any atom is -0.352 e. The highest BCUT2D eigenvalue weighted by molar-refractivity contribution is 5.75. The van der Waals surface area contributed by atoms with Crippen molar-refractivity contribution in [2.75, 3.05) is 19.6 Å². The molecule has 1 saturated heterocycles. The van der Waals surface area contributed by atoms with E-state index >= 15 is 0 Å². The third-order valence-electron chi connectivity index (χ3n) is 5.78. The number of carbonyl (C=O) groups is 1. The van der Waals surface area contributed by atoms with E-state index in [0.717, 1.165) is 17.9 Å². The van der Waals surface area contributed by atoms with Crippen LogP contribution in [0.2, 0.25) is 0 Å². The van der Waals surface area contributed by atoms with Crippen molar-refractivity contribution >= 4 is 5.91 Å². The lowest BCUT2D eigenvalue weighted by atomic mass is 9.89. The summed E-state index contributed by atoms with van der Waals surface area (Å²) in [7, 11) is 0. The predicted octanol–water partition coefficient (Wildman–Crippen LogP) is 4.29. The molecule has 1 unspecified atom stereocenters. The molecule has 2 aliphatic rings. The van der Waals surface area contributed by atoms with Crippen LogP contribution in [0.15, 0.2) is 36.4 Å². The van der Waals surface area contributed by atoms with E-state index in [-0.39, 0.29) is 11.7 Å². The molecule has 1 atom stereocenters. The quantitative estimate of drug-likeness (QED) is 0.738. The fourth-order valence-electron chi connectivity index (χ4n) is 4.07. The SMILES string of the molecule is O=C(CCC1CCN(CC2CC=CCC2)CC1)NCc1ccc(F)cc1. The van der Waals surface area contributed by atoms with Crippen LogP contribution in [0.4, 0.5) is 4.39 Å². The molecule has 1 aliphatic carbocycles. The number of carbonyl (C=O) groups excluding carboxylic acids is 1. The summed E-state index contributed by atoms with van der Waals surface area (Å²) in [5, 5.41) is 2.94. The molecule has 142 valence electrons. The molecule has 0 aromatic heterocycles. The first-order valence-corrected chi connectivity index (χ1v) is 10.1. The Labute approximate surface area is 156 Å². The number of nitrogens with one attached hydrogen (secondary N) is 1. The summed E-state index contributed by atoms with van der Waals surface area (Å²) in [4.78, 5) is 14.7. The van der Waals surface area contributed by atoms with E-state index in [4.69, 9.17) is 0 Å². The standard InChI is InChI=1S/C22H31FN2O/c23-21-9-6-19(7-10-21)16-24-22(26)11-8-18-12-14-25(15-13-18)17-20-4-2-1-3-5-20/h1-2,6-7,9-10,18,20H,3-5,8,11-17H2,(H,24,26). The van der Waals surface area contributed by atoms with Gasteiger partial charge in [0.05, 0.1) is 0 Å². The van der Waals surface area contributed by atoms with Crippen LogP contribution >= 0.6 is 0 Å². The van der Waals surface area contributed by atoms with Crippen LogP contribution in [0.3, 0.4) is 0 Å². The number of amides is 1. The van der Waals surface area contributed by atoms with Gasteiger partial charge >= 0.3 is 0 Å². The van der Waals surface area contributed by atoms with Crippen molar-refractivity contribution in [1.82, 2.24) is 10.2 Å². The number of likely N-dealkylation sites (tertiary alicyclic amines) is 1. The zero-order chi connectivity index (χ0) is 18.2. The number of hydrogen-bond donors (Lipinski definition) is 1. The number of rotatable bonds is 7. The van der Waals surface area contributed by atoms with Gasteiger partial charge in [0.1, 0.15) is 5.82 Å². The Morgan fingerprint density at radius 2 is 1.85 bits per heavy atom. The highest BCUT2D eigenvalue weighted by Gasteiger charge is 2.22.